The highest BCUT2D eigenvalue weighted by molar-refractivity contribution is 7.26. The minimum atomic E-state index is 0.836. The van der Waals surface area contributed by atoms with Gasteiger partial charge in [0.25, 0.3) is 0 Å². The van der Waals surface area contributed by atoms with Crippen LogP contribution in [0.3, 0.4) is 0 Å². The van der Waals surface area contributed by atoms with Gasteiger partial charge in [-0.3, -0.25) is 0 Å². The largest absolute Gasteiger partial charge is 0.464 e. The Balaban J connectivity index is 1.21. The first-order valence-electron chi connectivity index (χ1n) is 16.8. The number of para-hydroxylation sites is 1. The van der Waals surface area contributed by atoms with Crippen molar-refractivity contribution < 1.29 is 13.3 Å². The molecule has 4 heterocycles. The van der Waals surface area contributed by atoms with Crippen LogP contribution in [0.25, 0.3) is 119 Å². The van der Waals surface area contributed by atoms with Gasteiger partial charge in [0.05, 0.1) is 11.6 Å². The van der Waals surface area contributed by atoms with Gasteiger partial charge in [-0.25, -0.2) is 0 Å². The molecule has 0 unspecified atom stereocenters. The van der Waals surface area contributed by atoms with Crippen LogP contribution < -0.4 is 0 Å². The summed E-state index contributed by atoms with van der Waals surface area (Å²) in [6.07, 6.45) is 1.79. The molecule has 0 N–H and O–H groups in total. The molecule has 0 amide bonds. The van der Waals surface area contributed by atoms with E-state index < -0.39 is 0 Å². The number of benzene rings is 8. The van der Waals surface area contributed by atoms with Crippen LogP contribution in [0, 0.1) is 0 Å². The number of thiophene rings is 1. The molecule has 0 bridgehead atoms. The molecule has 0 aliphatic heterocycles. The van der Waals surface area contributed by atoms with E-state index in [1.165, 1.54) is 58.4 Å². The highest BCUT2D eigenvalue weighted by atomic mass is 32.1. The summed E-state index contributed by atoms with van der Waals surface area (Å²) in [7, 11) is 0. The van der Waals surface area contributed by atoms with E-state index in [2.05, 4.69) is 121 Å². The summed E-state index contributed by atoms with van der Waals surface area (Å²) in [5.74, 6) is 0. The number of rotatable bonds is 2. The second-order valence-corrected chi connectivity index (χ2v) is 14.1. The van der Waals surface area contributed by atoms with E-state index >= 15 is 0 Å². The van der Waals surface area contributed by atoms with Crippen molar-refractivity contribution in [3.8, 4) is 22.3 Å². The van der Waals surface area contributed by atoms with Crippen LogP contribution in [0.15, 0.2) is 159 Å². The highest BCUT2D eigenvalue weighted by Crippen LogP contribution is 2.51. The van der Waals surface area contributed by atoms with Gasteiger partial charge in [0.2, 0.25) is 0 Å². The molecule has 4 aromatic heterocycles. The van der Waals surface area contributed by atoms with Crippen molar-refractivity contribution in [1.82, 2.24) is 0 Å². The number of hydrogen-bond acceptors (Lipinski definition) is 4. The Kier molecular flexibility index (Phi) is 5.12. The van der Waals surface area contributed by atoms with Crippen molar-refractivity contribution in [3.05, 3.63) is 146 Å². The smallest absolute Gasteiger partial charge is 0.147 e. The molecule has 232 valence electrons. The lowest BCUT2D eigenvalue weighted by Gasteiger charge is -2.18. The molecule has 0 atom stereocenters. The van der Waals surface area contributed by atoms with Gasteiger partial charge in [0, 0.05) is 47.3 Å². The zero-order chi connectivity index (χ0) is 32.5. The first-order valence-corrected chi connectivity index (χ1v) is 17.6. The Hall–Kier alpha value is -6.36. The zero-order valence-corrected chi connectivity index (χ0v) is 27.3. The summed E-state index contributed by atoms with van der Waals surface area (Å²) < 4.78 is 21.5. The molecule has 8 aromatic carbocycles. The molecule has 0 saturated carbocycles. The predicted molar refractivity (Wildman–Crippen MR) is 210 cm³/mol. The van der Waals surface area contributed by atoms with Crippen molar-refractivity contribution in [3.63, 3.8) is 0 Å². The van der Waals surface area contributed by atoms with Gasteiger partial charge in [0.15, 0.2) is 0 Å². The van der Waals surface area contributed by atoms with Crippen molar-refractivity contribution in [2.24, 2.45) is 0 Å². The van der Waals surface area contributed by atoms with Gasteiger partial charge in [-0.15, -0.1) is 11.3 Å². The first-order chi connectivity index (χ1) is 24.8. The molecule has 50 heavy (non-hydrogen) atoms. The molecule has 0 fully saturated rings. The van der Waals surface area contributed by atoms with Crippen molar-refractivity contribution in [2.75, 3.05) is 0 Å². The summed E-state index contributed by atoms with van der Waals surface area (Å²) in [5.41, 5.74) is 9.25. The molecule has 4 heteroatoms. The molecule has 12 aromatic rings. The average molecular weight is 657 g/mol. The van der Waals surface area contributed by atoms with Crippen LogP contribution in [-0.4, -0.2) is 0 Å². The molecule has 0 aliphatic rings. The second-order valence-electron chi connectivity index (χ2n) is 13.1. The molecule has 3 nitrogen and oxygen atoms in total. The van der Waals surface area contributed by atoms with Crippen molar-refractivity contribution in [1.29, 1.82) is 0 Å². The number of furan rings is 3. The summed E-state index contributed by atoms with van der Waals surface area (Å²) >= 11 is 1.85. The fourth-order valence-corrected chi connectivity index (χ4v) is 9.74. The number of hydrogen-bond donors (Lipinski definition) is 0. The lowest BCUT2D eigenvalue weighted by Crippen LogP contribution is -1.91. The van der Waals surface area contributed by atoms with Crippen LogP contribution >= 0.6 is 11.3 Å². The first kappa shape index (κ1) is 26.6. The molecule has 0 radical (unpaired) electrons. The topological polar surface area (TPSA) is 39.4 Å². The van der Waals surface area contributed by atoms with Gasteiger partial charge in [-0.1, -0.05) is 97.1 Å². The van der Waals surface area contributed by atoms with Crippen LogP contribution in [-0.2, 0) is 0 Å². The van der Waals surface area contributed by atoms with Crippen molar-refractivity contribution >= 4 is 108 Å². The van der Waals surface area contributed by atoms with Crippen molar-refractivity contribution in [2.45, 2.75) is 0 Å². The van der Waals surface area contributed by atoms with E-state index in [1.807, 2.05) is 29.5 Å². The fourth-order valence-electron chi connectivity index (χ4n) is 8.51. The molecule has 12 rings (SSSR count). The Bertz CT molecular complexity index is 3330. The molecular formula is C46H24O3S. The Morgan fingerprint density at radius 2 is 1.02 bits per heavy atom. The van der Waals surface area contributed by atoms with Gasteiger partial charge in [-0.2, -0.15) is 0 Å². The third-order valence-electron chi connectivity index (χ3n) is 10.6. The van der Waals surface area contributed by atoms with E-state index in [1.54, 1.807) is 6.26 Å². The van der Waals surface area contributed by atoms with E-state index in [0.717, 1.165) is 60.4 Å². The third kappa shape index (κ3) is 3.38. The number of fused-ring (bicyclic) bond motifs is 14. The predicted octanol–water partition coefficient (Wildman–Crippen LogP) is 14.2. The Morgan fingerprint density at radius 1 is 0.380 bits per heavy atom. The monoisotopic (exact) mass is 656 g/mol. The quantitative estimate of drug-likeness (QED) is 0.174. The van der Waals surface area contributed by atoms with Crippen LogP contribution in [0.1, 0.15) is 0 Å². The van der Waals surface area contributed by atoms with Crippen LogP contribution in [0.5, 0.6) is 0 Å². The Morgan fingerprint density at radius 3 is 1.82 bits per heavy atom. The SMILES string of the molecule is c1ccc2c(c1)oc1ccc3c(oc4cccc(-c5c6ccccc6c(-c6cccc7c6sc6ccc8ccoc8c67)c6ccccc56)c43)c12. The summed E-state index contributed by atoms with van der Waals surface area (Å²) in [6, 6.07) is 49.8. The highest BCUT2D eigenvalue weighted by Gasteiger charge is 2.23. The van der Waals surface area contributed by atoms with Gasteiger partial charge in [0.1, 0.15) is 27.9 Å². The third-order valence-corrected chi connectivity index (χ3v) is 11.8. The maximum atomic E-state index is 6.75. The summed E-state index contributed by atoms with van der Waals surface area (Å²) in [6.45, 7) is 0. The van der Waals surface area contributed by atoms with E-state index in [4.69, 9.17) is 13.3 Å². The minimum absolute atomic E-state index is 0.836. The van der Waals surface area contributed by atoms with E-state index in [9.17, 15) is 0 Å². The minimum Gasteiger partial charge on any atom is -0.464 e. The van der Waals surface area contributed by atoms with Gasteiger partial charge in [-0.05, 0) is 80.7 Å². The molecule has 0 saturated heterocycles. The maximum absolute atomic E-state index is 6.75. The van der Waals surface area contributed by atoms with Gasteiger partial charge < -0.3 is 13.3 Å². The second kappa shape index (κ2) is 9.63. The Labute approximate surface area is 288 Å². The van der Waals surface area contributed by atoms with Gasteiger partial charge >= 0.3 is 0 Å². The lowest BCUT2D eigenvalue weighted by molar-refractivity contribution is 0.619. The molecule has 0 spiro atoms. The average Bonchev–Trinajstić information content (AvgIpc) is 3.95. The normalized spacial score (nSPS) is 12.4. The molecule has 0 aliphatic carbocycles. The fraction of sp³-hybridized carbons (Fsp3) is 0. The lowest BCUT2D eigenvalue weighted by atomic mass is 9.84. The summed E-state index contributed by atoms with van der Waals surface area (Å²) in [5, 5.41) is 12.7. The van der Waals surface area contributed by atoms with Crippen LogP contribution in [0.4, 0.5) is 0 Å². The van der Waals surface area contributed by atoms with Crippen LogP contribution in [0.2, 0.25) is 0 Å². The van der Waals surface area contributed by atoms with E-state index in [-0.39, 0.29) is 0 Å². The maximum Gasteiger partial charge on any atom is 0.147 e. The van der Waals surface area contributed by atoms with E-state index in [0.29, 0.717) is 0 Å². The zero-order valence-electron chi connectivity index (χ0n) is 26.5. The molecular weight excluding hydrogens is 633 g/mol. The standard InChI is InChI=1S/C46H24O3S/c1-3-11-28-26(9-1)39(31-14-8-18-36-41(31)32-20-21-37-42(45(32)49-36)30-13-5-6-17-35(30)48-37)27-10-2-4-12-29(27)40(28)33-15-7-16-34-43-38(50-46(33)34)22-19-25-23-24-47-44(25)43/h1-24H. The summed E-state index contributed by atoms with van der Waals surface area (Å²) in [4.78, 5) is 0.